The molecule has 13 heteroatoms. The largest absolute Gasteiger partial charge is 0.468 e. The molecule has 2 aromatic rings. The van der Waals surface area contributed by atoms with Gasteiger partial charge in [0.15, 0.2) is 0 Å². The Hall–Kier alpha value is -2.83. The van der Waals surface area contributed by atoms with Gasteiger partial charge in [0.1, 0.15) is 5.92 Å². The summed E-state index contributed by atoms with van der Waals surface area (Å²) in [5.41, 5.74) is 1.21. The van der Waals surface area contributed by atoms with Gasteiger partial charge in [0.2, 0.25) is 5.91 Å². The van der Waals surface area contributed by atoms with E-state index in [-0.39, 0.29) is 33.6 Å². The van der Waals surface area contributed by atoms with Gasteiger partial charge in [0.05, 0.1) is 36.9 Å². The lowest BCUT2D eigenvalue weighted by molar-refractivity contribution is -0.143. The lowest BCUT2D eigenvalue weighted by Crippen LogP contribution is -2.61. The van der Waals surface area contributed by atoms with Gasteiger partial charge in [-0.05, 0) is 56.0 Å². The number of methoxy groups -OCH3 is 2. The Morgan fingerprint density at radius 2 is 1.70 bits per heavy atom. The van der Waals surface area contributed by atoms with Crippen LogP contribution in [0.1, 0.15) is 42.2 Å². The monoisotopic (exact) mass is 687 g/mol. The van der Waals surface area contributed by atoms with Gasteiger partial charge in [-0.25, -0.2) is 9.78 Å². The third-order valence-corrected chi connectivity index (χ3v) is 11.4. The van der Waals surface area contributed by atoms with Gasteiger partial charge in [0.25, 0.3) is 0 Å². The molecular formula is C33H39Cl2N5O5S. The number of carbonyl (C=O) groups is 3. The molecule has 4 saturated heterocycles. The summed E-state index contributed by atoms with van der Waals surface area (Å²) in [6, 6.07) is 5.56. The van der Waals surface area contributed by atoms with Crippen LogP contribution in [0.4, 0.5) is 0 Å². The SMILES string of the molecule is COC(=O)C1=C(CC(=O)N2CCN(C3CN4CCC3CC4)CC2)N=C(CCc2nccs2)C(C(=O)OC)C1c1c(Cl)cccc1Cl. The van der Waals surface area contributed by atoms with E-state index in [1.807, 2.05) is 10.3 Å². The van der Waals surface area contributed by atoms with Crippen LogP contribution in [-0.2, 0) is 30.3 Å². The second kappa shape index (κ2) is 14.5. The van der Waals surface area contributed by atoms with E-state index in [0.717, 1.165) is 30.6 Å². The van der Waals surface area contributed by atoms with E-state index < -0.39 is 23.8 Å². The first-order valence-corrected chi connectivity index (χ1v) is 17.5. The summed E-state index contributed by atoms with van der Waals surface area (Å²) in [5.74, 6) is -2.67. The number of nitrogens with zero attached hydrogens (tertiary/aromatic N) is 5. The topological polar surface area (TPSA) is 105 Å². The normalized spacial score (nSPS) is 26.6. The van der Waals surface area contributed by atoms with E-state index in [0.29, 0.717) is 43.2 Å². The Balaban J connectivity index is 1.32. The molecule has 1 amide bonds. The number of fused-ring (bicyclic) bond motifs is 3. The number of rotatable bonds is 9. The number of piperidine rings is 3. The standard InChI is InChI=1S/C33H39Cl2N5O5S/c1-44-32(42)29-23(6-7-26-36-10-17-46-26)37-24(30(33(43)45-2)31(29)28-21(34)4-3-5-22(28)35)18-27(41)40-15-13-39(14-16-40)25-19-38-11-8-20(25)9-12-38/h3-5,10,17,20,25,29,31H,6-9,11-16,18-19H2,1-2H3. The number of hydrogen-bond donors (Lipinski definition) is 0. The van der Waals surface area contributed by atoms with Gasteiger partial charge < -0.3 is 19.3 Å². The van der Waals surface area contributed by atoms with Crippen molar-refractivity contribution in [2.24, 2.45) is 16.8 Å². The van der Waals surface area contributed by atoms with Crippen molar-refractivity contribution in [2.45, 2.75) is 44.1 Å². The van der Waals surface area contributed by atoms with Crippen LogP contribution in [0.5, 0.6) is 0 Å². The maximum atomic E-state index is 13.9. The van der Waals surface area contributed by atoms with Gasteiger partial charge in [-0.15, -0.1) is 11.3 Å². The van der Waals surface area contributed by atoms with Crippen molar-refractivity contribution in [1.29, 1.82) is 0 Å². The number of piperazine rings is 1. The summed E-state index contributed by atoms with van der Waals surface area (Å²) in [7, 11) is 2.56. The molecule has 0 spiro atoms. The number of ether oxygens (including phenoxy) is 2. The fourth-order valence-corrected chi connectivity index (χ4v) is 8.83. The summed E-state index contributed by atoms with van der Waals surface area (Å²) in [4.78, 5) is 57.3. The first kappa shape index (κ1) is 33.1. The van der Waals surface area contributed by atoms with E-state index in [2.05, 4.69) is 14.8 Å². The Labute approximate surface area is 283 Å². The molecule has 0 N–H and O–H groups in total. The van der Waals surface area contributed by atoms with Gasteiger partial charge >= 0.3 is 11.9 Å². The fraction of sp³-hybridized carbons (Fsp3) is 0.545. The molecule has 46 heavy (non-hydrogen) atoms. The first-order valence-electron chi connectivity index (χ1n) is 15.8. The van der Waals surface area contributed by atoms with E-state index in [9.17, 15) is 14.4 Å². The molecule has 246 valence electrons. The molecule has 0 aliphatic carbocycles. The number of halogens is 2. The lowest BCUT2D eigenvalue weighted by Gasteiger charge is -2.51. The zero-order valence-corrected chi connectivity index (χ0v) is 28.5. The number of amides is 1. The number of aliphatic imine (C=N–C) groups is 1. The van der Waals surface area contributed by atoms with Crippen LogP contribution in [0.25, 0.3) is 0 Å². The first-order chi connectivity index (χ1) is 22.3. The van der Waals surface area contributed by atoms with Crippen molar-refractivity contribution < 1.29 is 23.9 Å². The molecule has 6 heterocycles. The average molecular weight is 689 g/mol. The summed E-state index contributed by atoms with van der Waals surface area (Å²) >= 11 is 15.0. The second-order valence-electron chi connectivity index (χ2n) is 12.3. The molecule has 1 aromatic heterocycles. The highest BCUT2D eigenvalue weighted by Crippen LogP contribution is 2.46. The number of esters is 2. The van der Waals surface area contributed by atoms with Gasteiger partial charge in [-0.1, -0.05) is 29.3 Å². The van der Waals surface area contributed by atoms with Crippen LogP contribution in [0, 0.1) is 11.8 Å². The molecule has 7 rings (SSSR count). The van der Waals surface area contributed by atoms with E-state index >= 15 is 0 Å². The molecule has 0 saturated carbocycles. The van der Waals surface area contributed by atoms with Crippen LogP contribution in [-0.4, -0.2) is 109 Å². The summed E-state index contributed by atoms with van der Waals surface area (Å²) in [6.07, 6.45) is 4.97. The van der Waals surface area contributed by atoms with Crippen LogP contribution < -0.4 is 0 Å². The molecule has 3 unspecified atom stereocenters. The van der Waals surface area contributed by atoms with Crippen molar-refractivity contribution in [1.82, 2.24) is 19.7 Å². The molecule has 2 bridgehead atoms. The maximum absolute atomic E-state index is 13.9. The molecule has 4 fully saturated rings. The quantitative estimate of drug-likeness (QED) is 0.356. The van der Waals surface area contributed by atoms with Crippen LogP contribution in [0.3, 0.4) is 0 Å². The number of carbonyl (C=O) groups excluding carboxylic acids is 3. The summed E-state index contributed by atoms with van der Waals surface area (Å²) in [6.45, 7) is 6.34. The Morgan fingerprint density at radius 3 is 2.28 bits per heavy atom. The molecule has 0 radical (unpaired) electrons. The third kappa shape index (κ3) is 6.75. The molecular weight excluding hydrogens is 649 g/mol. The smallest absolute Gasteiger partial charge is 0.336 e. The van der Waals surface area contributed by atoms with E-state index in [1.54, 1.807) is 24.4 Å². The Morgan fingerprint density at radius 1 is 0.978 bits per heavy atom. The number of benzene rings is 1. The zero-order chi connectivity index (χ0) is 32.4. The molecule has 5 aliphatic rings. The Kier molecular flexibility index (Phi) is 10.4. The number of aryl methyl sites for hydroxylation is 1. The van der Waals surface area contributed by atoms with Crippen molar-refractivity contribution in [3.63, 3.8) is 0 Å². The highest BCUT2D eigenvalue weighted by atomic mass is 35.5. The van der Waals surface area contributed by atoms with Crippen molar-refractivity contribution >= 4 is 58.1 Å². The van der Waals surface area contributed by atoms with Gasteiger partial charge in [0, 0.05) is 78.4 Å². The van der Waals surface area contributed by atoms with Crippen LogP contribution in [0.2, 0.25) is 10.0 Å². The second-order valence-corrected chi connectivity index (χ2v) is 14.1. The van der Waals surface area contributed by atoms with Crippen LogP contribution in [0.15, 0.2) is 46.0 Å². The predicted molar refractivity (Wildman–Crippen MR) is 177 cm³/mol. The minimum Gasteiger partial charge on any atom is -0.468 e. The molecule has 5 aliphatic heterocycles. The fourth-order valence-electron chi connectivity index (χ4n) is 7.58. The number of aromatic nitrogens is 1. The average Bonchev–Trinajstić information content (AvgIpc) is 3.61. The van der Waals surface area contributed by atoms with Crippen molar-refractivity contribution in [2.75, 3.05) is 60.0 Å². The highest BCUT2D eigenvalue weighted by Gasteiger charge is 2.46. The van der Waals surface area contributed by atoms with Crippen molar-refractivity contribution in [3.8, 4) is 0 Å². The minimum atomic E-state index is -1.01. The highest BCUT2D eigenvalue weighted by molar-refractivity contribution is 7.09. The predicted octanol–water partition coefficient (Wildman–Crippen LogP) is 4.47. The molecule has 10 nitrogen and oxygen atoms in total. The zero-order valence-electron chi connectivity index (χ0n) is 26.1. The maximum Gasteiger partial charge on any atom is 0.336 e. The third-order valence-electron chi connectivity index (χ3n) is 9.92. The molecule has 3 atom stereocenters. The molecule has 1 aromatic carbocycles. The number of hydrogen-bond acceptors (Lipinski definition) is 10. The summed E-state index contributed by atoms with van der Waals surface area (Å²) < 4.78 is 10.5. The van der Waals surface area contributed by atoms with Crippen LogP contribution >= 0.6 is 34.5 Å². The van der Waals surface area contributed by atoms with E-state index in [1.165, 1.54) is 51.5 Å². The number of thiazole rings is 1. The lowest BCUT2D eigenvalue weighted by atomic mass is 9.74. The van der Waals surface area contributed by atoms with Gasteiger partial charge in [-0.2, -0.15) is 0 Å². The summed E-state index contributed by atoms with van der Waals surface area (Å²) in [5, 5.41) is 3.32. The minimum absolute atomic E-state index is 0.0881. The van der Waals surface area contributed by atoms with Crippen molar-refractivity contribution in [3.05, 3.63) is 61.7 Å². The van der Waals surface area contributed by atoms with Gasteiger partial charge in [-0.3, -0.25) is 19.5 Å². The van der Waals surface area contributed by atoms with E-state index in [4.69, 9.17) is 37.7 Å². The Bertz CT molecular complexity index is 1500.